The molecule has 11 heteroatoms. The van der Waals surface area contributed by atoms with Gasteiger partial charge in [-0.3, -0.25) is 4.98 Å². The summed E-state index contributed by atoms with van der Waals surface area (Å²) in [4.78, 5) is 14.9. The molecule has 0 saturated carbocycles. The Morgan fingerprint density at radius 2 is 2.03 bits per heavy atom. The van der Waals surface area contributed by atoms with Crippen LogP contribution in [0, 0.1) is 11.3 Å². The Hall–Kier alpha value is -4.01. The fraction of sp³-hybridized carbons (Fsp3) is 0.280. The largest absolute Gasteiger partial charge is 0.364 e. The van der Waals surface area contributed by atoms with E-state index in [1.807, 2.05) is 42.1 Å². The van der Waals surface area contributed by atoms with Gasteiger partial charge in [0, 0.05) is 51.0 Å². The third kappa shape index (κ3) is 4.60. The number of sulfonamides is 1. The van der Waals surface area contributed by atoms with Gasteiger partial charge in [0.1, 0.15) is 0 Å². The van der Waals surface area contributed by atoms with Gasteiger partial charge in [-0.15, -0.1) is 0 Å². The van der Waals surface area contributed by atoms with Crippen molar-refractivity contribution in [1.29, 1.82) is 5.26 Å². The van der Waals surface area contributed by atoms with Crippen LogP contribution in [-0.2, 0) is 43.6 Å². The molecule has 3 aromatic heterocycles. The maximum Gasteiger partial charge on any atom is 0.262 e. The summed E-state index contributed by atoms with van der Waals surface area (Å²) in [5.74, 6) is 0. The van der Waals surface area contributed by atoms with Crippen LogP contribution in [0.1, 0.15) is 22.5 Å². The smallest absolute Gasteiger partial charge is 0.262 e. The van der Waals surface area contributed by atoms with Crippen molar-refractivity contribution < 1.29 is 8.42 Å². The van der Waals surface area contributed by atoms with Crippen molar-refractivity contribution >= 4 is 15.7 Å². The first-order valence-electron chi connectivity index (χ1n) is 11.5. The lowest BCUT2D eigenvalue weighted by Gasteiger charge is -2.40. The molecular formula is C25H26N8O2S. The van der Waals surface area contributed by atoms with Crippen molar-refractivity contribution in [1.82, 2.24) is 28.4 Å². The normalized spacial score (nSPS) is 15.6. The topological polar surface area (TPSA) is 113 Å². The fourth-order valence-electron chi connectivity index (χ4n) is 4.58. The molecule has 0 amide bonds. The minimum absolute atomic E-state index is 0.00399. The Kier molecular flexibility index (Phi) is 6.30. The van der Waals surface area contributed by atoms with Gasteiger partial charge in [0.05, 0.1) is 48.8 Å². The molecule has 4 heterocycles. The Balaban J connectivity index is 1.58. The predicted octanol–water partition coefficient (Wildman–Crippen LogP) is 2.24. The monoisotopic (exact) mass is 502 g/mol. The highest BCUT2D eigenvalue weighted by atomic mass is 32.2. The summed E-state index contributed by atoms with van der Waals surface area (Å²) in [6.07, 6.45) is 8.67. The van der Waals surface area contributed by atoms with Crippen LogP contribution in [-0.4, -0.2) is 49.4 Å². The van der Waals surface area contributed by atoms with Crippen molar-refractivity contribution in [2.75, 3.05) is 11.4 Å². The zero-order chi connectivity index (χ0) is 25.3. The molecule has 0 bridgehead atoms. The van der Waals surface area contributed by atoms with E-state index in [1.165, 1.54) is 16.8 Å². The first-order chi connectivity index (χ1) is 17.3. The maximum absolute atomic E-state index is 13.9. The van der Waals surface area contributed by atoms with Gasteiger partial charge >= 0.3 is 0 Å². The second-order valence-electron chi connectivity index (χ2n) is 8.94. The third-order valence-corrected chi connectivity index (χ3v) is 8.19. The minimum atomic E-state index is -3.94. The number of benzene rings is 1. The highest BCUT2D eigenvalue weighted by Crippen LogP contribution is 2.33. The quantitative estimate of drug-likeness (QED) is 0.381. The van der Waals surface area contributed by atoms with Crippen molar-refractivity contribution in [2.24, 2.45) is 14.1 Å². The van der Waals surface area contributed by atoms with Gasteiger partial charge in [0.25, 0.3) is 10.0 Å². The second kappa shape index (κ2) is 9.56. The van der Waals surface area contributed by atoms with Gasteiger partial charge in [0.2, 0.25) is 0 Å². The van der Waals surface area contributed by atoms with Crippen LogP contribution in [0.3, 0.4) is 0 Å². The van der Waals surface area contributed by atoms with E-state index in [0.717, 1.165) is 16.9 Å². The van der Waals surface area contributed by atoms with E-state index in [0.29, 0.717) is 30.8 Å². The first kappa shape index (κ1) is 23.7. The highest BCUT2D eigenvalue weighted by molar-refractivity contribution is 7.89. The maximum atomic E-state index is 13.9. The number of aryl methyl sites for hydroxylation is 2. The van der Waals surface area contributed by atoms with Crippen LogP contribution in [0.4, 0.5) is 5.69 Å². The molecule has 1 aliphatic rings. The number of nitrogens with zero attached hydrogens (tertiary/aromatic N) is 8. The summed E-state index contributed by atoms with van der Waals surface area (Å²) in [5, 5.41) is 9.49. The standard InChI is InChI=1S/C25H26N8O2S/c1-30-16-25(29-18-30)36(34,35)33(13-21-5-3-4-8-28-21)22-10-20-9-19(11-26)6-7-24(20)32(14-22)15-23-12-27-17-31(23)2/h3-9,12,16-18,22H,10,13-15H2,1-2H3. The lowest BCUT2D eigenvalue weighted by atomic mass is 9.95. The molecule has 0 radical (unpaired) electrons. The highest BCUT2D eigenvalue weighted by Gasteiger charge is 2.37. The van der Waals surface area contributed by atoms with Crippen LogP contribution in [0.2, 0.25) is 0 Å². The van der Waals surface area contributed by atoms with Crippen LogP contribution >= 0.6 is 0 Å². The van der Waals surface area contributed by atoms with Crippen LogP contribution in [0.5, 0.6) is 0 Å². The lowest BCUT2D eigenvalue weighted by Crippen LogP contribution is -2.50. The molecule has 184 valence electrons. The first-order valence-corrected chi connectivity index (χ1v) is 12.9. The summed E-state index contributed by atoms with van der Waals surface area (Å²) in [6.45, 7) is 1.12. The van der Waals surface area contributed by atoms with Gasteiger partial charge in [0.15, 0.2) is 5.03 Å². The van der Waals surface area contributed by atoms with E-state index in [4.69, 9.17) is 0 Å². The van der Waals surface area contributed by atoms with Crippen molar-refractivity contribution in [3.05, 3.63) is 90.2 Å². The summed E-state index contributed by atoms with van der Waals surface area (Å²) in [5.41, 5.74) is 4.09. The van der Waals surface area contributed by atoms with Gasteiger partial charge in [-0.1, -0.05) is 6.07 Å². The number of aromatic nitrogens is 5. The van der Waals surface area contributed by atoms with E-state index in [9.17, 15) is 13.7 Å². The van der Waals surface area contributed by atoms with E-state index in [-0.39, 0.29) is 11.6 Å². The zero-order valence-corrected chi connectivity index (χ0v) is 20.9. The fourth-order valence-corrected chi connectivity index (χ4v) is 6.13. The summed E-state index contributed by atoms with van der Waals surface area (Å²) in [6, 6.07) is 12.8. The Morgan fingerprint density at radius 1 is 1.17 bits per heavy atom. The van der Waals surface area contributed by atoms with E-state index in [2.05, 4.69) is 25.9 Å². The molecule has 0 saturated heterocycles. The molecule has 10 nitrogen and oxygen atoms in total. The van der Waals surface area contributed by atoms with E-state index >= 15 is 0 Å². The number of fused-ring (bicyclic) bond motifs is 1. The van der Waals surface area contributed by atoms with Crippen molar-refractivity contribution in [3.63, 3.8) is 0 Å². The Bertz CT molecular complexity index is 1520. The predicted molar refractivity (Wildman–Crippen MR) is 133 cm³/mol. The number of rotatable bonds is 7. The van der Waals surface area contributed by atoms with E-state index < -0.39 is 16.1 Å². The minimum Gasteiger partial charge on any atom is -0.364 e. The molecule has 1 aliphatic heterocycles. The van der Waals surface area contributed by atoms with Crippen LogP contribution in [0.15, 0.2) is 72.7 Å². The summed E-state index contributed by atoms with van der Waals surface area (Å²) < 4.78 is 32.9. The Morgan fingerprint density at radius 3 is 2.69 bits per heavy atom. The molecule has 1 unspecified atom stereocenters. The average molecular weight is 503 g/mol. The van der Waals surface area contributed by atoms with E-state index in [1.54, 1.807) is 36.3 Å². The van der Waals surface area contributed by atoms with Gasteiger partial charge in [-0.05, 0) is 42.3 Å². The molecule has 0 fully saturated rings. The molecule has 0 aliphatic carbocycles. The molecule has 36 heavy (non-hydrogen) atoms. The van der Waals surface area contributed by atoms with Crippen LogP contribution in [0.25, 0.3) is 0 Å². The molecular weight excluding hydrogens is 476 g/mol. The number of nitriles is 1. The number of anilines is 1. The molecule has 1 aromatic carbocycles. The number of imidazole rings is 2. The van der Waals surface area contributed by atoms with Gasteiger partial charge in [-0.2, -0.15) is 9.57 Å². The summed E-state index contributed by atoms with van der Waals surface area (Å²) in [7, 11) is -0.264. The molecule has 4 aromatic rings. The number of pyridine rings is 1. The number of hydrogen-bond acceptors (Lipinski definition) is 7. The number of hydrogen-bond donors (Lipinski definition) is 0. The zero-order valence-electron chi connectivity index (χ0n) is 20.1. The van der Waals surface area contributed by atoms with Gasteiger partial charge in [-0.25, -0.2) is 18.4 Å². The Labute approximate surface area is 210 Å². The van der Waals surface area contributed by atoms with Crippen LogP contribution < -0.4 is 4.90 Å². The van der Waals surface area contributed by atoms with Gasteiger partial charge < -0.3 is 14.0 Å². The molecule has 0 N–H and O–H groups in total. The molecule has 1 atom stereocenters. The molecule has 0 spiro atoms. The lowest BCUT2D eigenvalue weighted by molar-refractivity contribution is 0.299. The van der Waals surface area contributed by atoms with Crippen molar-refractivity contribution in [2.45, 2.75) is 30.6 Å². The SMILES string of the molecule is Cn1cnc(S(=O)(=O)N(Cc2ccccn2)C2Cc3cc(C#N)ccc3N(Cc3cncn3C)C2)c1. The molecule has 5 rings (SSSR count). The summed E-state index contributed by atoms with van der Waals surface area (Å²) >= 11 is 0. The average Bonchev–Trinajstić information content (AvgIpc) is 3.50. The van der Waals surface area contributed by atoms with Crippen molar-refractivity contribution in [3.8, 4) is 6.07 Å². The third-order valence-electron chi connectivity index (χ3n) is 6.41. The second-order valence-corrected chi connectivity index (χ2v) is 10.8.